The monoisotopic (exact) mass is 283 g/mol. The van der Waals surface area contributed by atoms with Gasteiger partial charge in [0, 0.05) is 6.54 Å². The normalized spacial score (nSPS) is 28.0. The minimum Gasteiger partial charge on any atom is -0.389 e. The average Bonchev–Trinajstić information content (AvgIpc) is 1.99. The van der Waals surface area contributed by atoms with Crippen LogP contribution in [0.25, 0.3) is 0 Å². The molecule has 0 amide bonds. The smallest absolute Gasteiger partial charge is 0.0780 e. The van der Waals surface area contributed by atoms with Gasteiger partial charge in [0.1, 0.15) is 0 Å². The summed E-state index contributed by atoms with van der Waals surface area (Å²) in [7, 11) is 0. The molecule has 0 bridgehead atoms. The first-order valence-electron chi connectivity index (χ1n) is 4.48. The molecule has 2 aliphatic rings. The minimum absolute atomic E-state index is 0.453. The lowest BCUT2D eigenvalue weighted by molar-refractivity contribution is -0.155. The summed E-state index contributed by atoms with van der Waals surface area (Å²) in [5.41, 5.74) is 5.50. The van der Waals surface area contributed by atoms with Crippen LogP contribution in [0.3, 0.4) is 0 Å². The first kappa shape index (κ1) is 10.7. The van der Waals surface area contributed by atoms with Crippen molar-refractivity contribution in [2.45, 2.75) is 37.7 Å². The second kappa shape index (κ2) is 3.80. The molecule has 2 rings (SSSR count). The molecule has 0 aromatic rings. The van der Waals surface area contributed by atoms with Crippen LogP contribution in [0.2, 0.25) is 0 Å². The van der Waals surface area contributed by atoms with E-state index in [1.165, 1.54) is 19.3 Å². The van der Waals surface area contributed by atoms with Gasteiger partial charge in [-0.05, 0) is 36.0 Å². The zero-order chi connectivity index (χ0) is 9.24. The topological polar surface area (TPSA) is 46.2 Å². The molecule has 3 heteroatoms. The molecular weight excluding hydrogens is 265 g/mol. The second-order valence-electron chi connectivity index (χ2n) is 4.14. The Morgan fingerprint density at radius 3 is 2.08 bits per heavy atom. The van der Waals surface area contributed by atoms with Crippen LogP contribution in [-0.4, -0.2) is 22.2 Å². The van der Waals surface area contributed by atoms with Gasteiger partial charge in [0.2, 0.25) is 0 Å². The van der Waals surface area contributed by atoms with Crippen molar-refractivity contribution in [1.82, 2.24) is 0 Å². The van der Waals surface area contributed by atoms with Crippen LogP contribution in [0.1, 0.15) is 32.1 Å². The van der Waals surface area contributed by atoms with Crippen molar-refractivity contribution in [2.24, 2.45) is 11.1 Å². The molecule has 0 atom stereocenters. The average molecular weight is 283 g/mol. The first-order chi connectivity index (χ1) is 5.68. The van der Waals surface area contributed by atoms with E-state index in [0.717, 1.165) is 12.8 Å². The van der Waals surface area contributed by atoms with Crippen molar-refractivity contribution in [3.63, 3.8) is 0 Å². The molecule has 0 aliphatic heterocycles. The summed E-state index contributed by atoms with van der Waals surface area (Å²) in [6.07, 6.45) is 5.96. The third-order valence-corrected chi connectivity index (χ3v) is 3.20. The van der Waals surface area contributed by atoms with Crippen LogP contribution in [0.5, 0.6) is 0 Å². The minimum atomic E-state index is -0.472. The SMILES string of the molecule is CI.NCC1(O)CC2(CCC2)C1. The van der Waals surface area contributed by atoms with E-state index in [9.17, 15) is 5.11 Å². The highest BCUT2D eigenvalue weighted by atomic mass is 127. The van der Waals surface area contributed by atoms with Gasteiger partial charge >= 0.3 is 0 Å². The first-order valence-corrected chi connectivity index (χ1v) is 6.64. The maximum atomic E-state index is 9.59. The van der Waals surface area contributed by atoms with Crippen LogP contribution < -0.4 is 5.73 Å². The van der Waals surface area contributed by atoms with Gasteiger partial charge in [-0.2, -0.15) is 0 Å². The molecule has 3 N–H and O–H groups in total. The van der Waals surface area contributed by atoms with E-state index in [1.807, 2.05) is 4.93 Å². The number of hydrogen-bond donors (Lipinski definition) is 2. The Balaban J connectivity index is 0.000000336. The fourth-order valence-corrected chi connectivity index (χ4v) is 2.52. The molecule has 2 nitrogen and oxygen atoms in total. The molecular formula is C9H18INO. The summed E-state index contributed by atoms with van der Waals surface area (Å²) in [6, 6.07) is 0. The lowest BCUT2D eigenvalue weighted by atomic mass is 9.50. The van der Waals surface area contributed by atoms with Crippen molar-refractivity contribution >= 4 is 22.6 Å². The van der Waals surface area contributed by atoms with Gasteiger partial charge in [-0.3, -0.25) is 0 Å². The molecule has 1 spiro atoms. The van der Waals surface area contributed by atoms with Gasteiger partial charge in [-0.25, -0.2) is 0 Å². The number of hydrogen-bond acceptors (Lipinski definition) is 2. The fraction of sp³-hybridized carbons (Fsp3) is 1.00. The number of alkyl halides is 1. The molecule has 2 fully saturated rings. The Hall–Kier alpha value is 0.650. The number of aliphatic hydroxyl groups is 1. The summed E-state index contributed by atoms with van der Waals surface area (Å²) in [4.78, 5) is 1.97. The van der Waals surface area contributed by atoms with E-state index >= 15 is 0 Å². The summed E-state index contributed by atoms with van der Waals surface area (Å²) in [6.45, 7) is 0.453. The van der Waals surface area contributed by atoms with Gasteiger partial charge < -0.3 is 10.8 Å². The third kappa shape index (κ3) is 1.77. The van der Waals surface area contributed by atoms with E-state index in [4.69, 9.17) is 5.73 Å². The van der Waals surface area contributed by atoms with Crippen molar-refractivity contribution in [1.29, 1.82) is 0 Å². The Labute approximate surface area is 88.0 Å². The van der Waals surface area contributed by atoms with Crippen LogP contribution in [0.15, 0.2) is 0 Å². The van der Waals surface area contributed by atoms with Gasteiger partial charge in [-0.15, -0.1) is 0 Å². The molecule has 2 saturated carbocycles. The van der Waals surface area contributed by atoms with Gasteiger partial charge in [0.05, 0.1) is 5.60 Å². The highest BCUT2D eigenvalue weighted by Crippen LogP contribution is 2.59. The molecule has 0 unspecified atom stereocenters. The lowest BCUT2D eigenvalue weighted by Gasteiger charge is -2.58. The molecule has 12 heavy (non-hydrogen) atoms. The zero-order valence-electron chi connectivity index (χ0n) is 7.65. The zero-order valence-corrected chi connectivity index (χ0v) is 9.80. The standard InChI is InChI=1S/C8H15NO.CH3I/c9-6-8(10)4-7(5-8)2-1-3-7;1-2/h10H,1-6,9H2;1H3. The predicted octanol–water partition coefficient (Wildman–Crippen LogP) is 1.69. The van der Waals surface area contributed by atoms with Crippen LogP contribution in [0.4, 0.5) is 0 Å². The van der Waals surface area contributed by atoms with Gasteiger partial charge in [0.15, 0.2) is 0 Å². The highest BCUT2D eigenvalue weighted by molar-refractivity contribution is 14.1. The van der Waals surface area contributed by atoms with E-state index < -0.39 is 5.60 Å². The van der Waals surface area contributed by atoms with E-state index in [0.29, 0.717) is 12.0 Å². The molecule has 0 heterocycles. The summed E-state index contributed by atoms with van der Waals surface area (Å²) < 4.78 is 0. The van der Waals surface area contributed by atoms with E-state index in [1.54, 1.807) is 0 Å². The van der Waals surface area contributed by atoms with E-state index in [-0.39, 0.29) is 0 Å². The van der Waals surface area contributed by atoms with Crippen molar-refractivity contribution in [3.8, 4) is 0 Å². The Bertz CT molecular complexity index is 141. The molecule has 2 aliphatic carbocycles. The van der Waals surface area contributed by atoms with Crippen molar-refractivity contribution < 1.29 is 5.11 Å². The van der Waals surface area contributed by atoms with Crippen molar-refractivity contribution in [3.05, 3.63) is 0 Å². The van der Waals surface area contributed by atoms with Crippen LogP contribution >= 0.6 is 22.6 Å². The largest absolute Gasteiger partial charge is 0.389 e. The molecule has 0 radical (unpaired) electrons. The third-order valence-electron chi connectivity index (χ3n) is 3.20. The maximum absolute atomic E-state index is 9.59. The number of halogens is 1. The van der Waals surface area contributed by atoms with Gasteiger partial charge in [-0.1, -0.05) is 29.0 Å². The second-order valence-corrected chi connectivity index (χ2v) is 4.14. The highest BCUT2D eigenvalue weighted by Gasteiger charge is 2.55. The fourth-order valence-electron chi connectivity index (χ4n) is 2.52. The summed E-state index contributed by atoms with van der Waals surface area (Å²) in [5, 5.41) is 9.59. The Morgan fingerprint density at radius 1 is 1.33 bits per heavy atom. The summed E-state index contributed by atoms with van der Waals surface area (Å²) in [5.74, 6) is 0. The van der Waals surface area contributed by atoms with Crippen LogP contribution in [-0.2, 0) is 0 Å². The molecule has 72 valence electrons. The molecule has 0 saturated heterocycles. The van der Waals surface area contributed by atoms with Crippen LogP contribution in [0, 0.1) is 5.41 Å². The van der Waals surface area contributed by atoms with Crippen molar-refractivity contribution in [2.75, 3.05) is 11.5 Å². The molecule has 0 aromatic carbocycles. The Kier molecular flexibility index (Phi) is 3.40. The molecule has 0 aromatic heterocycles. The van der Waals surface area contributed by atoms with Gasteiger partial charge in [0.25, 0.3) is 0 Å². The quantitative estimate of drug-likeness (QED) is 0.568. The lowest BCUT2D eigenvalue weighted by Crippen LogP contribution is -2.58. The maximum Gasteiger partial charge on any atom is 0.0780 e. The van der Waals surface area contributed by atoms with E-state index in [2.05, 4.69) is 22.6 Å². The Morgan fingerprint density at radius 2 is 1.83 bits per heavy atom. The number of nitrogens with two attached hydrogens (primary N) is 1. The summed E-state index contributed by atoms with van der Waals surface area (Å²) >= 11 is 2.15. The number of rotatable bonds is 1. The predicted molar refractivity (Wildman–Crippen MR) is 59.5 cm³/mol.